The van der Waals surface area contributed by atoms with Gasteiger partial charge in [-0.2, -0.15) is 0 Å². The molecule has 0 bridgehead atoms. The summed E-state index contributed by atoms with van der Waals surface area (Å²) in [6.45, 7) is 51.3. The van der Waals surface area contributed by atoms with E-state index in [1.807, 2.05) is 72.8 Å². The van der Waals surface area contributed by atoms with Gasteiger partial charge >= 0.3 is 34.1 Å². The summed E-state index contributed by atoms with van der Waals surface area (Å²) in [6.07, 6.45) is 0. The molecule has 582 valence electrons. The monoisotopic (exact) mass is 1580 g/mol. The number of aryl methyl sites for hydroxylation is 24. The molecule has 4 N–H and O–H groups in total. The van der Waals surface area contributed by atoms with Crippen LogP contribution in [0.4, 0.5) is 22.7 Å². The molecule has 0 heterocycles. The first-order valence-electron chi connectivity index (χ1n) is 39.2. The molecule has 114 heavy (non-hydrogen) atoms. The van der Waals surface area contributed by atoms with Gasteiger partial charge in [0.15, 0.2) is 0 Å². The van der Waals surface area contributed by atoms with Crippen molar-refractivity contribution in [2.75, 3.05) is 0 Å². The number of hydrogen-bond acceptors (Lipinski definition) is 0. The van der Waals surface area contributed by atoms with Crippen LogP contribution in [0.3, 0.4) is 0 Å². The maximum atomic E-state index is 8.92. The zero-order valence-electron chi connectivity index (χ0n) is 71.8. The van der Waals surface area contributed by atoms with Crippen LogP contribution in [-0.2, 0) is 34.1 Å². The van der Waals surface area contributed by atoms with Crippen molar-refractivity contribution in [2.45, 2.75) is 166 Å². The van der Waals surface area contributed by atoms with Gasteiger partial charge in [-0.3, -0.25) is 0 Å². The largest absolute Gasteiger partial charge is 2.00 e. The fourth-order valence-corrected chi connectivity index (χ4v) is 17.5. The van der Waals surface area contributed by atoms with Crippen molar-refractivity contribution in [1.29, 1.82) is 0 Å². The number of hydrogen-bond donors (Lipinski definition) is 0. The number of benzene rings is 14. The second-order valence-corrected chi connectivity index (χ2v) is 31.4. The van der Waals surface area contributed by atoms with Gasteiger partial charge in [-0.05, 0) is 344 Å². The Morgan fingerprint density at radius 1 is 0.132 bits per heavy atom. The van der Waals surface area contributed by atoms with Gasteiger partial charge in [-0.1, -0.05) is 287 Å². The minimum atomic E-state index is 0. The molecule has 0 fully saturated rings. The van der Waals surface area contributed by atoms with Crippen LogP contribution < -0.4 is 0 Å². The molecule has 14 aromatic carbocycles. The molecule has 0 saturated heterocycles. The summed E-state index contributed by atoms with van der Waals surface area (Å²) in [4.78, 5) is 0. The molecule has 0 aliphatic heterocycles. The van der Waals surface area contributed by atoms with E-state index in [1.165, 1.54) is 178 Å². The summed E-state index contributed by atoms with van der Waals surface area (Å²) in [5, 5.41) is 0. The van der Waals surface area contributed by atoms with Crippen molar-refractivity contribution < 1.29 is 34.1 Å². The second kappa shape index (κ2) is 40.4. The Morgan fingerprint density at radius 3 is 0.289 bits per heavy atom. The average molecular weight is 1580 g/mol. The third kappa shape index (κ3) is 21.6. The first-order valence-corrected chi connectivity index (χ1v) is 39.2. The normalized spacial score (nSPS) is 10.5. The first-order chi connectivity index (χ1) is 53.2. The van der Waals surface area contributed by atoms with Gasteiger partial charge in [0.25, 0.3) is 0 Å². The van der Waals surface area contributed by atoms with Crippen molar-refractivity contribution in [3.05, 3.63) is 399 Å². The van der Waals surface area contributed by atoms with Crippen molar-refractivity contribution in [2.24, 2.45) is 0 Å². The van der Waals surface area contributed by atoms with E-state index in [-0.39, 0.29) is 34.1 Å². The molecular weight excluding hydrogens is 1460 g/mol. The standard InChI is InChI=1S/4C24H26N.2C6H6.2Mn/c4*1-14-10-16(3)22(17(4)11-14)20-8-7-9-21(24(20)25)23-18(5)12-15(2)13-19(23)6;2*1-2-4-6-5-3-1;;/h4*7-13,25H,1-6H3;2*1-6H;;/q4*-1;;;2*+2. The van der Waals surface area contributed by atoms with E-state index < -0.39 is 0 Å². The van der Waals surface area contributed by atoms with E-state index >= 15 is 0 Å². The predicted molar refractivity (Wildman–Crippen MR) is 492 cm³/mol. The molecular formula is C108H116Mn2N4. The van der Waals surface area contributed by atoms with E-state index in [0.29, 0.717) is 22.7 Å². The first kappa shape index (κ1) is 90.5. The SMILES string of the molecule is Cc1cc(C)c(-c2cccc(-c3c(C)cc(C)cc3C)c2[NH-])c(C)c1.Cc1cc(C)c(-c2cccc(-c3c(C)cc(C)cc3C)c2[NH-])c(C)c1.Cc1cc(C)c(-c2cccc(-c3c(C)cc(C)cc3C)c2[NH-])c(C)c1.Cc1cc(C)c(-c2cccc(-c3c(C)cc(C)cc3C)c2[NH-])c(C)c1.[Mn+2].[Mn+2].c1ccccc1.c1ccccc1. The van der Waals surface area contributed by atoms with Crippen LogP contribution in [0.1, 0.15) is 134 Å². The van der Waals surface area contributed by atoms with Crippen LogP contribution in [0.15, 0.2) is 243 Å². The van der Waals surface area contributed by atoms with Crippen LogP contribution in [0, 0.1) is 166 Å². The van der Waals surface area contributed by atoms with Crippen LogP contribution in [0.2, 0.25) is 0 Å². The van der Waals surface area contributed by atoms with Gasteiger partial charge in [-0.25, -0.2) is 0 Å². The smallest absolute Gasteiger partial charge is 0.698 e. The van der Waals surface area contributed by atoms with Crippen molar-refractivity contribution in [1.82, 2.24) is 0 Å². The summed E-state index contributed by atoms with van der Waals surface area (Å²) in [6, 6.07) is 84.2. The molecule has 6 heteroatoms. The zero-order chi connectivity index (χ0) is 81.7. The summed E-state index contributed by atoms with van der Waals surface area (Å²) >= 11 is 0. The minimum Gasteiger partial charge on any atom is -0.698 e. The molecule has 14 rings (SSSR count). The van der Waals surface area contributed by atoms with Gasteiger partial charge in [0, 0.05) is 0 Å². The van der Waals surface area contributed by atoms with Crippen molar-refractivity contribution in [3.8, 4) is 89.0 Å². The molecule has 0 atom stereocenters. The van der Waals surface area contributed by atoms with Crippen LogP contribution in [0.25, 0.3) is 112 Å². The molecule has 0 unspecified atom stereocenters. The Balaban J connectivity index is 0.000000199. The van der Waals surface area contributed by atoms with Gasteiger partial charge in [-0.15, -0.1) is 22.7 Å². The molecule has 0 saturated carbocycles. The Morgan fingerprint density at radius 2 is 0.211 bits per heavy atom. The van der Waals surface area contributed by atoms with Gasteiger partial charge in [0.1, 0.15) is 0 Å². The molecule has 0 amide bonds. The van der Waals surface area contributed by atoms with Gasteiger partial charge in [0.05, 0.1) is 0 Å². The average Bonchev–Trinajstić information content (AvgIpc) is 0.786. The van der Waals surface area contributed by atoms with Gasteiger partial charge in [0.2, 0.25) is 0 Å². The minimum absolute atomic E-state index is 0. The fraction of sp³-hybridized carbons (Fsp3) is 0.222. The van der Waals surface area contributed by atoms with Crippen LogP contribution in [-0.4, -0.2) is 0 Å². The predicted octanol–water partition coefficient (Wildman–Crippen LogP) is 33.6. The number of nitrogens with one attached hydrogen (secondary N) is 4. The Bertz CT molecular complexity index is 4510. The molecule has 2 radical (unpaired) electrons. The maximum Gasteiger partial charge on any atom is 2.00 e. The maximum absolute atomic E-state index is 8.92. The van der Waals surface area contributed by atoms with E-state index in [2.05, 4.69) is 336 Å². The van der Waals surface area contributed by atoms with E-state index in [9.17, 15) is 0 Å². The summed E-state index contributed by atoms with van der Waals surface area (Å²) in [5.74, 6) is 0. The molecule has 14 aromatic rings. The second-order valence-electron chi connectivity index (χ2n) is 31.4. The summed E-state index contributed by atoms with van der Waals surface area (Å²) in [7, 11) is 0. The van der Waals surface area contributed by atoms with Crippen LogP contribution >= 0.6 is 0 Å². The quantitative estimate of drug-likeness (QED) is 0.136. The number of rotatable bonds is 8. The molecule has 0 spiro atoms. The van der Waals surface area contributed by atoms with Crippen molar-refractivity contribution in [3.63, 3.8) is 0 Å². The van der Waals surface area contributed by atoms with E-state index in [0.717, 1.165) is 44.5 Å². The van der Waals surface area contributed by atoms with Gasteiger partial charge < -0.3 is 22.9 Å². The van der Waals surface area contributed by atoms with Crippen LogP contribution in [0.5, 0.6) is 0 Å². The fourth-order valence-electron chi connectivity index (χ4n) is 17.5. The summed E-state index contributed by atoms with van der Waals surface area (Å²) in [5.41, 5.74) is 85.8. The molecule has 0 aromatic heterocycles. The Labute approximate surface area is 706 Å². The Hall–Kier alpha value is -10.7. The molecule has 0 aliphatic rings. The Kier molecular flexibility index (Phi) is 32.0. The topological polar surface area (TPSA) is 95.2 Å². The zero-order valence-corrected chi connectivity index (χ0v) is 74.2. The van der Waals surface area contributed by atoms with Crippen molar-refractivity contribution >= 4 is 22.7 Å². The van der Waals surface area contributed by atoms with E-state index in [4.69, 9.17) is 22.9 Å². The molecule has 4 nitrogen and oxygen atoms in total. The third-order valence-corrected chi connectivity index (χ3v) is 21.2. The molecule has 0 aliphatic carbocycles. The summed E-state index contributed by atoms with van der Waals surface area (Å²) < 4.78 is 0. The van der Waals surface area contributed by atoms with E-state index in [1.54, 1.807) is 0 Å². The third-order valence-electron chi connectivity index (χ3n) is 21.2.